The third-order valence-electron chi connectivity index (χ3n) is 5.52. The summed E-state index contributed by atoms with van der Waals surface area (Å²) in [5, 5.41) is 2.93. The summed E-state index contributed by atoms with van der Waals surface area (Å²) < 4.78 is 39.0. The lowest BCUT2D eigenvalue weighted by Gasteiger charge is -2.30. The average Bonchev–Trinajstić information content (AvgIpc) is 2.77. The van der Waals surface area contributed by atoms with E-state index in [9.17, 15) is 13.2 Å². The van der Waals surface area contributed by atoms with Gasteiger partial charge in [0.25, 0.3) is 5.91 Å². The molecule has 0 radical (unpaired) electrons. The van der Waals surface area contributed by atoms with E-state index in [0.29, 0.717) is 37.8 Å². The fourth-order valence-corrected chi connectivity index (χ4v) is 6.00. The molecule has 1 N–H and O–H groups in total. The molecule has 1 amide bonds. The molecule has 166 valence electrons. The highest BCUT2D eigenvalue weighted by atomic mass is 35.5. The zero-order valence-electron chi connectivity index (χ0n) is 17.3. The number of halogens is 1. The van der Waals surface area contributed by atoms with E-state index < -0.39 is 15.9 Å². The number of nitrogens with zero attached hydrogens (tertiary/aromatic N) is 1. The van der Waals surface area contributed by atoms with Crippen LogP contribution in [0.5, 0.6) is 11.5 Å². The predicted octanol–water partition coefficient (Wildman–Crippen LogP) is 3.46. The summed E-state index contributed by atoms with van der Waals surface area (Å²) in [6.45, 7) is 4.10. The molecule has 2 aromatic rings. The topological polar surface area (TPSA) is 84.9 Å². The van der Waals surface area contributed by atoms with E-state index >= 15 is 0 Å². The number of nitrogens with one attached hydrogen (secondary N) is 1. The highest BCUT2D eigenvalue weighted by Crippen LogP contribution is 2.33. The maximum Gasteiger partial charge on any atom is 0.251 e. The van der Waals surface area contributed by atoms with Crippen molar-refractivity contribution in [2.24, 2.45) is 5.92 Å². The Morgan fingerprint density at radius 1 is 1.23 bits per heavy atom. The van der Waals surface area contributed by atoms with Crippen LogP contribution in [0.1, 0.15) is 35.7 Å². The highest BCUT2D eigenvalue weighted by molar-refractivity contribution is 7.89. The first kappa shape index (κ1) is 21.9. The monoisotopic (exact) mass is 464 g/mol. The van der Waals surface area contributed by atoms with Gasteiger partial charge in [-0.3, -0.25) is 4.79 Å². The number of benzene rings is 2. The van der Waals surface area contributed by atoms with Gasteiger partial charge in [0.2, 0.25) is 10.0 Å². The van der Waals surface area contributed by atoms with Crippen LogP contribution in [-0.2, 0) is 16.6 Å². The van der Waals surface area contributed by atoms with E-state index in [-0.39, 0.29) is 27.9 Å². The molecular weight excluding hydrogens is 440 g/mol. The van der Waals surface area contributed by atoms with Crippen LogP contribution < -0.4 is 14.8 Å². The molecule has 0 bridgehead atoms. The van der Waals surface area contributed by atoms with Gasteiger partial charge >= 0.3 is 0 Å². The second-order valence-corrected chi connectivity index (χ2v) is 10.2. The Bertz CT molecular complexity index is 1090. The third kappa shape index (κ3) is 4.66. The summed E-state index contributed by atoms with van der Waals surface area (Å²) in [6.07, 6.45) is 1.81. The van der Waals surface area contributed by atoms with Crippen LogP contribution in [0.15, 0.2) is 41.3 Å². The van der Waals surface area contributed by atoms with Gasteiger partial charge in [0.1, 0.15) is 18.1 Å². The van der Waals surface area contributed by atoms with Crippen molar-refractivity contribution in [2.75, 3.05) is 26.3 Å². The van der Waals surface area contributed by atoms with Crippen molar-refractivity contribution in [1.82, 2.24) is 9.62 Å². The predicted molar refractivity (Wildman–Crippen MR) is 117 cm³/mol. The molecule has 2 aromatic carbocycles. The van der Waals surface area contributed by atoms with Crippen LogP contribution in [0.25, 0.3) is 0 Å². The Hall–Kier alpha value is -2.29. The molecule has 7 nitrogen and oxygen atoms in total. The Morgan fingerprint density at radius 3 is 2.84 bits per heavy atom. The minimum Gasteiger partial charge on any atom is -0.486 e. The molecule has 4 rings (SSSR count). The van der Waals surface area contributed by atoms with Gasteiger partial charge in [-0.15, -0.1) is 0 Å². The second kappa shape index (κ2) is 9.06. The maximum atomic E-state index is 13.1. The molecule has 31 heavy (non-hydrogen) atoms. The molecule has 0 saturated carbocycles. The van der Waals surface area contributed by atoms with Gasteiger partial charge in [0, 0.05) is 30.8 Å². The number of amides is 1. The van der Waals surface area contributed by atoms with E-state index in [4.69, 9.17) is 21.1 Å². The zero-order chi connectivity index (χ0) is 22.0. The number of hydrogen-bond donors (Lipinski definition) is 1. The summed E-state index contributed by atoms with van der Waals surface area (Å²) in [6, 6.07) is 9.84. The normalized spacial score (nSPS) is 19.1. The molecule has 9 heteroatoms. The Balaban J connectivity index is 1.52. The van der Waals surface area contributed by atoms with E-state index in [2.05, 4.69) is 5.32 Å². The molecule has 1 fully saturated rings. The van der Waals surface area contributed by atoms with Crippen LogP contribution in [0.4, 0.5) is 0 Å². The van der Waals surface area contributed by atoms with Crippen molar-refractivity contribution in [3.05, 3.63) is 52.5 Å². The first-order chi connectivity index (χ1) is 14.9. The summed E-state index contributed by atoms with van der Waals surface area (Å²) in [5.41, 5.74) is 1.02. The summed E-state index contributed by atoms with van der Waals surface area (Å²) in [4.78, 5) is 12.7. The van der Waals surface area contributed by atoms with Crippen molar-refractivity contribution < 1.29 is 22.7 Å². The van der Waals surface area contributed by atoms with Gasteiger partial charge in [-0.25, -0.2) is 8.42 Å². The van der Waals surface area contributed by atoms with Crippen molar-refractivity contribution in [2.45, 2.75) is 31.2 Å². The van der Waals surface area contributed by atoms with Crippen LogP contribution in [0.3, 0.4) is 0 Å². The van der Waals surface area contributed by atoms with Gasteiger partial charge in [-0.2, -0.15) is 4.31 Å². The Morgan fingerprint density at radius 2 is 2.03 bits per heavy atom. The van der Waals surface area contributed by atoms with E-state index in [1.807, 2.05) is 25.1 Å². The lowest BCUT2D eigenvalue weighted by atomic mass is 10.0. The largest absolute Gasteiger partial charge is 0.486 e. The highest BCUT2D eigenvalue weighted by Gasteiger charge is 2.31. The molecule has 1 unspecified atom stereocenters. The van der Waals surface area contributed by atoms with Gasteiger partial charge in [0.05, 0.1) is 5.02 Å². The first-order valence-electron chi connectivity index (χ1n) is 10.3. The molecule has 2 aliphatic rings. The number of piperidine rings is 1. The second-order valence-electron chi connectivity index (χ2n) is 7.88. The number of sulfonamides is 1. The van der Waals surface area contributed by atoms with Crippen LogP contribution in [0, 0.1) is 5.92 Å². The molecule has 0 aliphatic carbocycles. The van der Waals surface area contributed by atoms with Crippen molar-refractivity contribution >= 4 is 27.5 Å². The zero-order valence-corrected chi connectivity index (χ0v) is 18.8. The Kier molecular flexibility index (Phi) is 6.41. The number of ether oxygens (including phenoxy) is 2. The number of carbonyl (C=O) groups is 1. The third-order valence-corrected chi connectivity index (χ3v) is 7.86. The summed E-state index contributed by atoms with van der Waals surface area (Å²) >= 11 is 6.23. The number of fused-ring (bicyclic) bond motifs is 1. The van der Waals surface area contributed by atoms with E-state index in [1.54, 1.807) is 0 Å². The molecule has 0 spiro atoms. The number of para-hydroxylation sites is 1. The number of rotatable bonds is 5. The fraction of sp³-hybridized carbons (Fsp3) is 0.409. The van der Waals surface area contributed by atoms with Crippen molar-refractivity contribution in [1.29, 1.82) is 0 Å². The lowest BCUT2D eigenvalue weighted by Crippen LogP contribution is -2.39. The SMILES string of the molecule is CC1CCCN(S(=O)(=O)c2cc(C(=O)NCc3cccc4c3OCCO4)ccc2Cl)C1. The summed E-state index contributed by atoms with van der Waals surface area (Å²) in [5.74, 6) is 1.16. The molecule has 0 aromatic heterocycles. The van der Waals surface area contributed by atoms with Gasteiger partial charge in [0.15, 0.2) is 11.5 Å². The minimum absolute atomic E-state index is 0.0373. The average molecular weight is 465 g/mol. The molecular formula is C22H25ClN2O5S. The quantitative estimate of drug-likeness (QED) is 0.732. The minimum atomic E-state index is -3.78. The number of hydrogen-bond acceptors (Lipinski definition) is 5. The smallest absolute Gasteiger partial charge is 0.251 e. The van der Waals surface area contributed by atoms with E-state index in [0.717, 1.165) is 18.4 Å². The van der Waals surface area contributed by atoms with Crippen molar-refractivity contribution in [3.8, 4) is 11.5 Å². The van der Waals surface area contributed by atoms with Crippen LogP contribution in [0.2, 0.25) is 5.02 Å². The Labute approximate surface area is 187 Å². The van der Waals surface area contributed by atoms with Crippen molar-refractivity contribution in [3.63, 3.8) is 0 Å². The fourth-order valence-electron chi connectivity index (χ4n) is 3.90. The standard InChI is InChI=1S/C22H25ClN2O5S/c1-15-4-3-9-25(14-15)31(27,28)20-12-16(7-8-18(20)23)22(26)24-13-17-5-2-6-19-21(17)30-11-10-29-19/h2,5-8,12,15H,3-4,9-11,13-14H2,1H3,(H,24,26). The summed E-state index contributed by atoms with van der Waals surface area (Å²) in [7, 11) is -3.78. The molecule has 2 heterocycles. The lowest BCUT2D eigenvalue weighted by molar-refractivity contribution is 0.0949. The number of carbonyl (C=O) groups excluding carboxylic acids is 1. The van der Waals surface area contributed by atoms with Gasteiger partial charge in [-0.1, -0.05) is 30.7 Å². The van der Waals surface area contributed by atoms with Crippen LogP contribution in [-0.4, -0.2) is 44.9 Å². The van der Waals surface area contributed by atoms with E-state index in [1.165, 1.54) is 22.5 Å². The molecule has 2 aliphatic heterocycles. The van der Waals surface area contributed by atoms with Gasteiger partial charge in [-0.05, 0) is 43.0 Å². The first-order valence-corrected chi connectivity index (χ1v) is 12.1. The van der Waals surface area contributed by atoms with Crippen LogP contribution >= 0.6 is 11.6 Å². The van der Waals surface area contributed by atoms with Gasteiger partial charge < -0.3 is 14.8 Å². The molecule has 1 saturated heterocycles. The maximum absolute atomic E-state index is 13.1. The molecule has 1 atom stereocenters.